The van der Waals surface area contributed by atoms with E-state index in [-0.39, 0.29) is 11.3 Å². The first-order chi connectivity index (χ1) is 10.6. The summed E-state index contributed by atoms with van der Waals surface area (Å²) in [5, 5.41) is 2.91. The number of furan rings is 1. The van der Waals surface area contributed by atoms with Crippen LogP contribution >= 0.6 is 0 Å². The molecule has 22 heavy (non-hydrogen) atoms. The summed E-state index contributed by atoms with van der Waals surface area (Å²) in [5.41, 5.74) is 0.799. The minimum Gasteiger partial charge on any atom is -0.496 e. The summed E-state index contributed by atoms with van der Waals surface area (Å²) in [5.74, 6) is 1.58. The minimum absolute atomic E-state index is 0.00616. The van der Waals surface area contributed by atoms with Crippen LogP contribution in [0.15, 0.2) is 47.1 Å². The molecule has 118 valence electrons. The zero-order valence-electron chi connectivity index (χ0n) is 13.4. The molecule has 0 fully saturated rings. The third kappa shape index (κ3) is 3.70. The molecule has 2 rings (SSSR count). The van der Waals surface area contributed by atoms with E-state index in [1.165, 1.54) is 0 Å². The predicted octanol–water partition coefficient (Wildman–Crippen LogP) is 3.66. The van der Waals surface area contributed by atoms with Crippen LogP contribution in [0, 0.1) is 0 Å². The van der Waals surface area contributed by atoms with Gasteiger partial charge in [0.05, 0.1) is 19.9 Å². The molecule has 0 spiro atoms. The topological polar surface area (TPSA) is 51.5 Å². The van der Waals surface area contributed by atoms with Crippen LogP contribution in [0.25, 0.3) is 0 Å². The Bertz CT molecular complexity index is 607. The number of methoxy groups -OCH3 is 1. The normalized spacial score (nSPS) is 13.4. The SMILES string of the molecule is CC[C@](C)(CC(=O)NCc1ccco1)c1ccccc1OC. The minimum atomic E-state index is -0.264. The second-order valence-electron chi connectivity index (χ2n) is 5.65. The molecule has 1 atom stereocenters. The Morgan fingerprint density at radius 3 is 2.68 bits per heavy atom. The van der Waals surface area contributed by atoms with E-state index in [1.54, 1.807) is 13.4 Å². The molecule has 0 bridgehead atoms. The number of hydrogen-bond acceptors (Lipinski definition) is 3. The molecule has 1 N–H and O–H groups in total. The number of carbonyl (C=O) groups excluding carboxylic acids is 1. The van der Waals surface area contributed by atoms with Gasteiger partial charge in [-0.05, 0) is 24.6 Å². The van der Waals surface area contributed by atoms with Crippen LogP contribution in [0.5, 0.6) is 5.75 Å². The fraction of sp³-hybridized carbons (Fsp3) is 0.389. The number of hydrogen-bond donors (Lipinski definition) is 1. The molecule has 0 aliphatic carbocycles. The fourth-order valence-electron chi connectivity index (χ4n) is 2.57. The van der Waals surface area contributed by atoms with Crippen LogP contribution in [0.4, 0.5) is 0 Å². The van der Waals surface area contributed by atoms with Crippen molar-refractivity contribution in [3.63, 3.8) is 0 Å². The third-order valence-electron chi connectivity index (χ3n) is 4.13. The molecule has 1 heterocycles. The quantitative estimate of drug-likeness (QED) is 0.849. The van der Waals surface area contributed by atoms with E-state index < -0.39 is 0 Å². The van der Waals surface area contributed by atoms with Crippen molar-refractivity contribution in [1.29, 1.82) is 0 Å². The standard InChI is InChI=1S/C18H23NO3/c1-4-18(2,15-9-5-6-10-16(15)21-3)12-17(20)19-13-14-8-7-11-22-14/h5-11H,4,12-13H2,1-3H3,(H,19,20)/t18-/m1/s1. The van der Waals surface area contributed by atoms with Crippen molar-refractivity contribution < 1.29 is 13.9 Å². The molecular formula is C18H23NO3. The Hall–Kier alpha value is -2.23. The summed E-state index contributed by atoms with van der Waals surface area (Å²) in [6, 6.07) is 11.5. The van der Waals surface area contributed by atoms with Crippen molar-refractivity contribution in [2.75, 3.05) is 7.11 Å². The van der Waals surface area contributed by atoms with Crippen LogP contribution in [-0.4, -0.2) is 13.0 Å². The number of para-hydroxylation sites is 1. The van der Waals surface area contributed by atoms with Crippen LogP contribution in [0.1, 0.15) is 38.0 Å². The zero-order chi connectivity index (χ0) is 16.0. The van der Waals surface area contributed by atoms with Gasteiger partial charge in [-0.3, -0.25) is 4.79 Å². The molecule has 1 amide bonds. The Labute approximate surface area is 131 Å². The van der Waals surface area contributed by atoms with Gasteiger partial charge in [0, 0.05) is 17.4 Å². The summed E-state index contributed by atoms with van der Waals surface area (Å²) in [6.45, 7) is 4.60. The van der Waals surface area contributed by atoms with Gasteiger partial charge in [0.15, 0.2) is 0 Å². The highest BCUT2D eigenvalue weighted by atomic mass is 16.5. The molecule has 4 heteroatoms. The first-order valence-corrected chi connectivity index (χ1v) is 7.51. The van der Waals surface area contributed by atoms with E-state index in [0.717, 1.165) is 23.5 Å². The van der Waals surface area contributed by atoms with Crippen molar-refractivity contribution >= 4 is 5.91 Å². The van der Waals surface area contributed by atoms with Crippen molar-refractivity contribution in [2.24, 2.45) is 0 Å². The maximum absolute atomic E-state index is 12.3. The Morgan fingerprint density at radius 1 is 1.27 bits per heavy atom. The van der Waals surface area contributed by atoms with Crippen LogP contribution in [0.2, 0.25) is 0 Å². The molecule has 0 aliphatic rings. The van der Waals surface area contributed by atoms with Gasteiger partial charge in [-0.2, -0.15) is 0 Å². The summed E-state index contributed by atoms with van der Waals surface area (Å²) < 4.78 is 10.7. The predicted molar refractivity (Wildman–Crippen MR) is 85.8 cm³/mol. The largest absolute Gasteiger partial charge is 0.496 e. The third-order valence-corrected chi connectivity index (χ3v) is 4.13. The van der Waals surface area contributed by atoms with Gasteiger partial charge < -0.3 is 14.5 Å². The van der Waals surface area contributed by atoms with Crippen molar-refractivity contribution in [2.45, 2.75) is 38.6 Å². The molecule has 0 aliphatic heterocycles. The monoisotopic (exact) mass is 301 g/mol. The Kier molecular flexibility index (Phi) is 5.26. The van der Waals surface area contributed by atoms with E-state index >= 15 is 0 Å². The van der Waals surface area contributed by atoms with Crippen molar-refractivity contribution in [1.82, 2.24) is 5.32 Å². The van der Waals surface area contributed by atoms with Gasteiger partial charge >= 0.3 is 0 Å². The van der Waals surface area contributed by atoms with Gasteiger partial charge in [-0.1, -0.05) is 32.0 Å². The molecule has 1 aromatic heterocycles. The van der Waals surface area contributed by atoms with Gasteiger partial charge in [-0.25, -0.2) is 0 Å². The van der Waals surface area contributed by atoms with Gasteiger partial charge in [0.25, 0.3) is 0 Å². The molecule has 0 saturated carbocycles. The molecule has 0 saturated heterocycles. The number of rotatable bonds is 7. The van der Waals surface area contributed by atoms with Crippen LogP contribution < -0.4 is 10.1 Å². The molecule has 0 radical (unpaired) electrons. The number of benzene rings is 1. The van der Waals surface area contributed by atoms with E-state index in [1.807, 2.05) is 36.4 Å². The average molecular weight is 301 g/mol. The highest BCUT2D eigenvalue weighted by Crippen LogP contribution is 2.37. The number of amides is 1. The number of nitrogens with one attached hydrogen (secondary N) is 1. The highest BCUT2D eigenvalue weighted by molar-refractivity contribution is 5.77. The van der Waals surface area contributed by atoms with E-state index in [4.69, 9.17) is 9.15 Å². The van der Waals surface area contributed by atoms with Gasteiger partial charge in [0.1, 0.15) is 11.5 Å². The molecule has 1 aromatic carbocycles. The fourth-order valence-corrected chi connectivity index (χ4v) is 2.57. The summed E-state index contributed by atoms with van der Waals surface area (Å²) in [6.07, 6.45) is 2.86. The summed E-state index contributed by atoms with van der Waals surface area (Å²) in [4.78, 5) is 12.3. The van der Waals surface area contributed by atoms with E-state index in [2.05, 4.69) is 19.2 Å². The second-order valence-corrected chi connectivity index (χ2v) is 5.65. The summed E-state index contributed by atoms with van der Waals surface area (Å²) >= 11 is 0. The lowest BCUT2D eigenvalue weighted by molar-refractivity contribution is -0.122. The first-order valence-electron chi connectivity index (χ1n) is 7.51. The smallest absolute Gasteiger partial charge is 0.221 e. The Balaban J connectivity index is 2.07. The van der Waals surface area contributed by atoms with Crippen molar-refractivity contribution in [3.05, 3.63) is 54.0 Å². The van der Waals surface area contributed by atoms with Crippen molar-refractivity contribution in [3.8, 4) is 5.75 Å². The highest BCUT2D eigenvalue weighted by Gasteiger charge is 2.30. The molecule has 2 aromatic rings. The van der Waals surface area contributed by atoms with E-state index in [9.17, 15) is 4.79 Å². The number of carbonyl (C=O) groups is 1. The van der Waals surface area contributed by atoms with Gasteiger partial charge in [-0.15, -0.1) is 0 Å². The van der Waals surface area contributed by atoms with Crippen LogP contribution in [0.3, 0.4) is 0 Å². The van der Waals surface area contributed by atoms with Gasteiger partial charge in [0.2, 0.25) is 5.91 Å². The lowest BCUT2D eigenvalue weighted by Gasteiger charge is -2.29. The maximum atomic E-state index is 12.3. The maximum Gasteiger partial charge on any atom is 0.221 e. The Morgan fingerprint density at radius 2 is 2.05 bits per heavy atom. The lowest BCUT2D eigenvalue weighted by Crippen LogP contribution is -2.32. The zero-order valence-corrected chi connectivity index (χ0v) is 13.4. The first kappa shape index (κ1) is 16.1. The molecule has 4 nitrogen and oxygen atoms in total. The average Bonchev–Trinajstić information content (AvgIpc) is 3.06. The lowest BCUT2D eigenvalue weighted by atomic mass is 9.76. The number of ether oxygens (including phenoxy) is 1. The van der Waals surface area contributed by atoms with Crippen LogP contribution in [-0.2, 0) is 16.8 Å². The van der Waals surface area contributed by atoms with E-state index in [0.29, 0.717) is 13.0 Å². The summed E-state index contributed by atoms with van der Waals surface area (Å²) in [7, 11) is 1.66. The molecule has 0 unspecified atom stereocenters. The second kappa shape index (κ2) is 7.16. The molecular weight excluding hydrogens is 278 g/mol.